The van der Waals surface area contributed by atoms with Crippen LogP contribution < -0.4 is 19.5 Å². The number of carbonyl (C=O) groups excluding carboxylic acids is 1. The number of amides is 1. The molecule has 1 N–H and O–H groups in total. The zero-order valence-electron chi connectivity index (χ0n) is 16.8. The highest BCUT2D eigenvalue weighted by Crippen LogP contribution is 2.33. The number of hydrogen-bond donors (Lipinski definition) is 1. The second-order valence-corrected chi connectivity index (χ2v) is 7.80. The average molecular weight is 395 g/mol. The molecule has 1 saturated carbocycles. The minimum atomic E-state index is -0.145. The third kappa shape index (κ3) is 5.43. The smallest absolute Gasteiger partial charge is 0.258 e. The van der Waals surface area contributed by atoms with E-state index in [4.69, 9.17) is 14.2 Å². The molecule has 0 saturated heterocycles. The van der Waals surface area contributed by atoms with Crippen LogP contribution in [0.1, 0.15) is 55.6 Å². The fraction of sp³-hybridized carbons (Fsp3) is 0.458. The van der Waals surface area contributed by atoms with Crippen LogP contribution in [0.15, 0.2) is 42.5 Å². The lowest BCUT2D eigenvalue weighted by molar-refractivity contribution is -0.123. The summed E-state index contributed by atoms with van der Waals surface area (Å²) >= 11 is 0. The van der Waals surface area contributed by atoms with Crippen molar-refractivity contribution < 1.29 is 19.0 Å². The molecule has 5 nitrogen and oxygen atoms in total. The normalized spacial score (nSPS) is 16.7. The van der Waals surface area contributed by atoms with Gasteiger partial charge in [0.25, 0.3) is 5.91 Å². The Morgan fingerprint density at radius 1 is 0.931 bits per heavy atom. The van der Waals surface area contributed by atoms with Gasteiger partial charge in [0.05, 0.1) is 13.2 Å². The van der Waals surface area contributed by atoms with Gasteiger partial charge in [-0.1, -0.05) is 37.5 Å². The standard InChI is InChI=1S/C24H29NO4/c26-24(25-16-18-7-12-22-23(15-18)28-14-4-13-27-22)17-29-21-10-8-20(9-11-21)19-5-2-1-3-6-19/h7-12,15,19H,1-6,13-14,16-17H2,(H,25,26). The second-order valence-electron chi connectivity index (χ2n) is 7.80. The number of benzene rings is 2. The quantitative estimate of drug-likeness (QED) is 0.777. The maximum Gasteiger partial charge on any atom is 0.258 e. The predicted molar refractivity (Wildman–Crippen MR) is 112 cm³/mol. The average Bonchev–Trinajstić information content (AvgIpc) is 3.02. The number of fused-ring (bicyclic) bond motifs is 1. The molecule has 0 radical (unpaired) electrons. The highest BCUT2D eigenvalue weighted by Gasteiger charge is 2.15. The van der Waals surface area contributed by atoms with Crippen LogP contribution in [-0.4, -0.2) is 25.7 Å². The Kier molecular flexibility index (Phi) is 6.55. The van der Waals surface area contributed by atoms with Crippen molar-refractivity contribution in [2.24, 2.45) is 0 Å². The molecular weight excluding hydrogens is 366 g/mol. The lowest BCUT2D eigenvalue weighted by Gasteiger charge is -2.22. The Morgan fingerprint density at radius 3 is 2.48 bits per heavy atom. The zero-order valence-corrected chi connectivity index (χ0v) is 16.8. The summed E-state index contributed by atoms with van der Waals surface area (Å²) < 4.78 is 17.0. The SMILES string of the molecule is O=C(COc1ccc(C2CCCCC2)cc1)NCc1ccc2c(c1)OCCCO2. The van der Waals surface area contributed by atoms with E-state index in [1.54, 1.807) is 0 Å². The fourth-order valence-electron chi connectivity index (χ4n) is 3.99. The van der Waals surface area contributed by atoms with Crippen molar-refractivity contribution >= 4 is 5.91 Å². The van der Waals surface area contributed by atoms with Crippen LogP contribution in [0, 0.1) is 0 Å². The van der Waals surface area contributed by atoms with Gasteiger partial charge in [-0.2, -0.15) is 0 Å². The van der Waals surface area contributed by atoms with Crippen LogP contribution in [0.25, 0.3) is 0 Å². The summed E-state index contributed by atoms with van der Waals surface area (Å²) in [6.45, 7) is 1.75. The van der Waals surface area contributed by atoms with Crippen LogP contribution >= 0.6 is 0 Å². The molecule has 2 aromatic rings. The molecule has 1 amide bonds. The summed E-state index contributed by atoms with van der Waals surface area (Å²) in [5.41, 5.74) is 2.36. The second kappa shape index (κ2) is 9.68. The molecule has 4 rings (SSSR count). The lowest BCUT2D eigenvalue weighted by Crippen LogP contribution is -2.28. The van der Waals surface area contributed by atoms with Crippen molar-refractivity contribution in [3.05, 3.63) is 53.6 Å². The van der Waals surface area contributed by atoms with Crippen LogP contribution in [0.2, 0.25) is 0 Å². The first-order valence-corrected chi connectivity index (χ1v) is 10.7. The van der Waals surface area contributed by atoms with Crippen molar-refractivity contribution in [3.63, 3.8) is 0 Å². The van der Waals surface area contributed by atoms with Crippen molar-refractivity contribution in [2.45, 2.75) is 51.0 Å². The monoisotopic (exact) mass is 395 g/mol. The van der Waals surface area contributed by atoms with Crippen LogP contribution in [0.3, 0.4) is 0 Å². The maximum atomic E-state index is 12.2. The summed E-state index contributed by atoms with van der Waals surface area (Å²) in [6, 6.07) is 14.0. The molecule has 1 fully saturated rings. The van der Waals surface area contributed by atoms with Gasteiger partial charge in [0.15, 0.2) is 18.1 Å². The van der Waals surface area contributed by atoms with Crippen molar-refractivity contribution in [1.82, 2.24) is 5.32 Å². The Bertz CT molecular complexity index is 812. The highest BCUT2D eigenvalue weighted by molar-refractivity contribution is 5.77. The molecule has 0 aromatic heterocycles. The van der Waals surface area contributed by atoms with Gasteiger partial charge in [0.2, 0.25) is 0 Å². The van der Waals surface area contributed by atoms with Crippen molar-refractivity contribution in [3.8, 4) is 17.2 Å². The molecular formula is C24H29NO4. The van der Waals surface area contributed by atoms with E-state index in [1.165, 1.54) is 37.7 Å². The first-order chi connectivity index (χ1) is 14.3. The molecule has 0 spiro atoms. The Hall–Kier alpha value is -2.69. The molecule has 2 aromatic carbocycles. The molecule has 5 heteroatoms. The van der Waals surface area contributed by atoms with Gasteiger partial charge in [-0.05, 0) is 54.2 Å². The minimum absolute atomic E-state index is 0.00727. The van der Waals surface area contributed by atoms with Gasteiger partial charge in [-0.25, -0.2) is 0 Å². The number of ether oxygens (including phenoxy) is 3. The molecule has 29 heavy (non-hydrogen) atoms. The number of carbonyl (C=O) groups is 1. The first kappa shape index (κ1) is 19.6. The molecule has 1 heterocycles. The largest absolute Gasteiger partial charge is 0.490 e. The number of rotatable bonds is 6. The van der Waals surface area contributed by atoms with E-state index in [9.17, 15) is 4.79 Å². The summed E-state index contributed by atoms with van der Waals surface area (Å²) in [4.78, 5) is 12.2. The van der Waals surface area contributed by atoms with E-state index < -0.39 is 0 Å². The third-order valence-corrected chi connectivity index (χ3v) is 5.63. The summed E-state index contributed by atoms with van der Waals surface area (Å²) in [5.74, 6) is 2.77. The van der Waals surface area contributed by atoms with E-state index in [0.29, 0.717) is 25.7 Å². The van der Waals surface area contributed by atoms with E-state index in [0.717, 1.165) is 29.2 Å². The molecule has 0 bridgehead atoms. The molecule has 154 valence electrons. The van der Waals surface area contributed by atoms with Gasteiger partial charge in [-0.3, -0.25) is 4.79 Å². The highest BCUT2D eigenvalue weighted by atomic mass is 16.5. The minimum Gasteiger partial charge on any atom is -0.490 e. The Morgan fingerprint density at radius 2 is 1.69 bits per heavy atom. The van der Waals surface area contributed by atoms with Gasteiger partial charge >= 0.3 is 0 Å². The van der Waals surface area contributed by atoms with E-state index in [2.05, 4.69) is 17.4 Å². The van der Waals surface area contributed by atoms with Gasteiger partial charge in [0.1, 0.15) is 5.75 Å². The summed E-state index contributed by atoms with van der Waals surface area (Å²) in [7, 11) is 0. The van der Waals surface area contributed by atoms with Crippen molar-refractivity contribution in [2.75, 3.05) is 19.8 Å². The number of hydrogen-bond acceptors (Lipinski definition) is 4. The Balaban J connectivity index is 1.23. The molecule has 0 atom stereocenters. The van der Waals surface area contributed by atoms with E-state index in [1.807, 2.05) is 30.3 Å². The van der Waals surface area contributed by atoms with Gasteiger partial charge in [0, 0.05) is 13.0 Å². The molecule has 2 aliphatic rings. The summed E-state index contributed by atoms with van der Waals surface area (Å²) in [5, 5.41) is 2.89. The predicted octanol–water partition coefficient (Wildman–Crippen LogP) is 4.59. The molecule has 0 unspecified atom stereocenters. The number of nitrogens with one attached hydrogen (secondary N) is 1. The fourth-order valence-corrected chi connectivity index (χ4v) is 3.99. The van der Waals surface area contributed by atoms with Gasteiger partial charge in [-0.15, -0.1) is 0 Å². The van der Waals surface area contributed by atoms with Crippen LogP contribution in [-0.2, 0) is 11.3 Å². The van der Waals surface area contributed by atoms with Crippen molar-refractivity contribution in [1.29, 1.82) is 0 Å². The topological polar surface area (TPSA) is 56.8 Å². The first-order valence-electron chi connectivity index (χ1n) is 10.7. The Labute approximate surface area is 172 Å². The van der Waals surface area contributed by atoms with Crippen LogP contribution in [0.4, 0.5) is 0 Å². The van der Waals surface area contributed by atoms with E-state index >= 15 is 0 Å². The molecule has 1 aliphatic carbocycles. The van der Waals surface area contributed by atoms with Gasteiger partial charge < -0.3 is 19.5 Å². The maximum absolute atomic E-state index is 12.2. The van der Waals surface area contributed by atoms with E-state index in [-0.39, 0.29) is 12.5 Å². The molecule has 1 aliphatic heterocycles. The summed E-state index contributed by atoms with van der Waals surface area (Å²) in [6.07, 6.45) is 7.45. The zero-order chi connectivity index (χ0) is 19.9. The van der Waals surface area contributed by atoms with Crippen LogP contribution in [0.5, 0.6) is 17.2 Å². The third-order valence-electron chi connectivity index (χ3n) is 5.63. The lowest BCUT2D eigenvalue weighted by atomic mass is 9.84.